The van der Waals surface area contributed by atoms with Gasteiger partial charge in [0.15, 0.2) is 0 Å². The fraction of sp³-hybridized carbons (Fsp3) is 0.259. The molecule has 0 fully saturated rings. The molecule has 1 unspecified atom stereocenters. The quantitative estimate of drug-likeness (QED) is 0.150. The van der Waals surface area contributed by atoms with E-state index < -0.39 is 20.9 Å². The van der Waals surface area contributed by atoms with Crippen LogP contribution in [0.5, 0.6) is 0 Å². The number of sulfone groups is 1. The van der Waals surface area contributed by atoms with E-state index in [1.54, 1.807) is 24.3 Å². The molecule has 6 nitrogen and oxygen atoms in total. The summed E-state index contributed by atoms with van der Waals surface area (Å²) in [6.07, 6.45) is 1.84. The molecule has 8 heteroatoms. The summed E-state index contributed by atoms with van der Waals surface area (Å²) in [5, 5.41) is 22.6. The first kappa shape index (κ1) is 26.8. The van der Waals surface area contributed by atoms with E-state index in [1.807, 2.05) is 37.3 Å². The molecule has 0 saturated carbocycles. The first-order valence-electron chi connectivity index (χ1n) is 11.4. The van der Waals surface area contributed by atoms with Crippen molar-refractivity contribution < 1.29 is 18.4 Å². The van der Waals surface area contributed by atoms with Gasteiger partial charge in [0, 0.05) is 0 Å². The van der Waals surface area contributed by atoms with E-state index in [0.717, 1.165) is 29.3 Å². The molecule has 0 aliphatic carbocycles. The number of benzene rings is 3. The van der Waals surface area contributed by atoms with Crippen LogP contribution in [0.15, 0.2) is 93.1 Å². The Bertz CT molecular complexity index is 1270. The van der Waals surface area contributed by atoms with Crippen molar-refractivity contribution in [1.82, 2.24) is 0 Å². The van der Waals surface area contributed by atoms with Crippen LogP contribution in [-0.4, -0.2) is 33.4 Å². The summed E-state index contributed by atoms with van der Waals surface area (Å²) < 4.78 is 29.7. The van der Waals surface area contributed by atoms with Crippen LogP contribution >= 0.6 is 0 Å². The Morgan fingerprint density at radius 2 is 1.60 bits per heavy atom. The number of allylic oxidation sites excluding steroid dienone is 1. The summed E-state index contributed by atoms with van der Waals surface area (Å²) in [7, 11) is -4.04. The predicted molar refractivity (Wildman–Crippen MR) is 139 cm³/mol. The number of nitro benzene ring substituents is 1. The van der Waals surface area contributed by atoms with Gasteiger partial charge in [-0.05, 0) is 0 Å². The van der Waals surface area contributed by atoms with Crippen molar-refractivity contribution in [3.05, 3.63) is 109 Å². The Morgan fingerprint density at radius 3 is 2.17 bits per heavy atom. The molecule has 0 amide bonds. The van der Waals surface area contributed by atoms with Gasteiger partial charge in [0.1, 0.15) is 0 Å². The van der Waals surface area contributed by atoms with Crippen molar-refractivity contribution in [1.29, 1.82) is 0 Å². The van der Waals surface area contributed by atoms with Crippen molar-refractivity contribution in [2.45, 2.75) is 50.5 Å². The van der Waals surface area contributed by atoms with Gasteiger partial charge >= 0.3 is 213 Å². The van der Waals surface area contributed by atoms with Gasteiger partial charge in [0.2, 0.25) is 0 Å². The topological polar surface area (TPSA) is 97.5 Å². The number of hydrogen-bond acceptors (Lipinski definition) is 5. The molecule has 0 bridgehead atoms. The monoisotopic (exact) mass is 559 g/mol. The Morgan fingerprint density at radius 1 is 0.971 bits per heavy atom. The second-order valence-corrected chi connectivity index (χ2v) is 12.6. The molecule has 3 rings (SSSR count). The molecule has 184 valence electrons. The van der Waals surface area contributed by atoms with Gasteiger partial charge < -0.3 is 0 Å². The molecule has 3 aromatic carbocycles. The zero-order chi connectivity index (χ0) is 25.4. The van der Waals surface area contributed by atoms with Crippen molar-refractivity contribution in [2.24, 2.45) is 0 Å². The zero-order valence-electron chi connectivity index (χ0n) is 19.8. The third-order valence-electron chi connectivity index (χ3n) is 5.56. The van der Waals surface area contributed by atoms with Crippen molar-refractivity contribution >= 4 is 34.9 Å². The second-order valence-electron chi connectivity index (χ2n) is 8.23. The van der Waals surface area contributed by atoms with E-state index in [4.69, 9.17) is 0 Å². The Balaban J connectivity index is 2.20. The molecular weight excluding hydrogens is 529 g/mol. The SMILES string of the molecule is CCCCC/C([Se]c1ccccc1)=C(\C(O)c1ccc([N+](=O)[O-])cc1)S(=O)(=O)c1ccc(C)cc1. The van der Waals surface area contributed by atoms with E-state index in [1.165, 1.54) is 24.3 Å². The molecule has 0 aliphatic heterocycles. The van der Waals surface area contributed by atoms with Crippen LogP contribution in [0.25, 0.3) is 0 Å². The second kappa shape index (κ2) is 12.3. The molecule has 0 saturated heterocycles. The number of aliphatic hydroxyl groups excluding tert-OH is 1. The van der Waals surface area contributed by atoms with Crippen molar-refractivity contribution in [3.63, 3.8) is 0 Å². The van der Waals surface area contributed by atoms with E-state index >= 15 is 0 Å². The van der Waals surface area contributed by atoms with Crippen LogP contribution in [0.2, 0.25) is 0 Å². The number of non-ortho nitro benzene ring substituents is 1. The molecule has 1 N–H and O–H groups in total. The molecule has 0 spiro atoms. The third-order valence-corrected chi connectivity index (χ3v) is 10.3. The van der Waals surface area contributed by atoms with Crippen molar-refractivity contribution in [3.8, 4) is 0 Å². The average molecular weight is 559 g/mol. The van der Waals surface area contributed by atoms with Crippen LogP contribution in [0.1, 0.15) is 49.8 Å². The first-order chi connectivity index (χ1) is 16.7. The summed E-state index contributed by atoms with van der Waals surface area (Å²) in [6.45, 7) is 3.97. The minimum absolute atomic E-state index is 0.0184. The number of aryl methyl sites for hydroxylation is 1. The van der Waals surface area contributed by atoms with Crippen LogP contribution in [0.4, 0.5) is 5.69 Å². The molecule has 35 heavy (non-hydrogen) atoms. The maximum atomic E-state index is 14.0. The Kier molecular flexibility index (Phi) is 9.40. The summed E-state index contributed by atoms with van der Waals surface area (Å²) in [5.74, 6) is 0. The number of hydrogen-bond donors (Lipinski definition) is 1. The van der Waals surface area contributed by atoms with E-state index in [9.17, 15) is 23.6 Å². The van der Waals surface area contributed by atoms with Gasteiger partial charge in [0.25, 0.3) is 0 Å². The molecule has 0 aliphatic rings. The number of aliphatic hydroxyl groups is 1. The average Bonchev–Trinajstić information content (AvgIpc) is 2.85. The number of unbranched alkanes of at least 4 members (excludes halogenated alkanes) is 2. The normalized spacial score (nSPS) is 13.2. The number of nitrogens with zero attached hydrogens (tertiary/aromatic N) is 1. The van der Waals surface area contributed by atoms with Crippen LogP contribution < -0.4 is 4.46 Å². The van der Waals surface area contributed by atoms with E-state index in [0.29, 0.717) is 16.5 Å². The first-order valence-corrected chi connectivity index (χ1v) is 14.6. The maximum absolute atomic E-state index is 14.0. The molecule has 1 atom stereocenters. The summed E-state index contributed by atoms with van der Waals surface area (Å²) in [6, 6.07) is 21.7. The fourth-order valence-electron chi connectivity index (χ4n) is 3.61. The molecule has 3 aromatic rings. The third kappa shape index (κ3) is 6.89. The number of nitro groups is 1. The molecular formula is C27H29NO5SSe. The van der Waals surface area contributed by atoms with Gasteiger partial charge in [-0.15, -0.1) is 0 Å². The fourth-order valence-corrected chi connectivity index (χ4v) is 8.28. The minimum atomic E-state index is -4.04. The molecule has 0 heterocycles. The van der Waals surface area contributed by atoms with Gasteiger partial charge in [-0.3, -0.25) is 0 Å². The summed E-state index contributed by atoms with van der Waals surface area (Å²) in [5.41, 5.74) is 1.12. The summed E-state index contributed by atoms with van der Waals surface area (Å²) in [4.78, 5) is 10.7. The van der Waals surface area contributed by atoms with E-state index in [2.05, 4.69) is 6.92 Å². The number of rotatable bonds is 11. The van der Waals surface area contributed by atoms with Crippen LogP contribution in [0.3, 0.4) is 0 Å². The molecule has 0 aromatic heterocycles. The van der Waals surface area contributed by atoms with Crippen molar-refractivity contribution in [2.75, 3.05) is 0 Å². The van der Waals surface area contributed by atoms with Gasteiger partial charge in [-0.1, -0.05) is 0 Å². The Hall–Kier alpha value is -2.77. The van der Waals surface area contributed by atoms with E-state index in [-0.39, 0.29) is 30.4 Å². The predicted octanol–water partition coefficient (Wildman–Crippen LogP) is 5.23. The van der Waals surface area contributed by atoms with Gasteiger partial charge in [-0.25, -0.2) is 0 Å². The van der Waals surface area contributed by atoms with Crippen LogP contribution in [-0.2, 0) is 9.84 Å². The van der Waals surface area contributed by atoms with Gasteiger partial charge in [0.05, 0.1) is 0 Å². The standard InChI is InChI=1S/C27H29NO5SSe/c1-3-4-6-11-25(35-24-9-7-5-8-10-24)27(34(32,33)23-18-12-20(2)13-19-23)26(29)21-14-16-22(17-15-21)28(30)31/h5,7-10,12-19,26,29H,3-4,6,11H2,1-2H3/b27-25-. The van der Waals surface area contributed by atoms with Crippen LogP contribution in [0, 0.1) is 17.0 Å². The van der Waals surface area contributed by atoms with Gasteiger partial charge in [-0.2, -0.15) is 0 Å². The Labute approximate surface area is 212 Å². The zero-order valence-corrected chi connectivity index (χ0v) is 22.3. The molecule has 0 radical (unpaired) electrons. The summed E-state index contributed by atoms with van der Waals surface area (Å²) >= 11 is -0.330.